The van der Waals surface area contributed by atoms with Crippen molar-refractivity contribution < 1.29 is 8.78 Å². The lowest BCUT2D eigenvalue weighted by molar-refractivity contribution is 0.232. The molecule has 1 aromatic rings. The van der Waals surface area contributed by atoms with Gasteiger partial charge in [-0.25, -0.2) is 8.78 Å². The number of piperazine rings is 1. The quantitative estimate of drug-likeness (QED) is 0.764. The second-order valence-corrected chi connectivity index (χ2v) is 4.68. The van der Waals surface area contributed by atoms with E-state index in [1.54, 1.807) is 11.0 Å². The van der Waals surface area contributed by atoms with Crippen molar-refractivity contribution in [3.63, 3.8) is 0 Å². The van der Waals surface area contributed by atoms with Crippen LogP contribution in [0.3, 0.4) is 0 Å². The lowest BCUT2D eigenvalue weighted by atomic mass is 10.1. The van der Waals surface area contributed by atoms with Crippen LogP contribution in [0.2, 0.25) is 0 Å². The van der Waals surface area contributed by atoms with Crippen molar-refractivity contribution >= 4 is 5.69 Å². The molecule has 0 amide bonds. The first-order valence-corrected chi connectivity index (χ1v) is 5.87. The van der Waals surface area contributed by atoms with Crippen LogP contribution in [0.15, 0.2) is 12.1 Å². The van der Waals surface area contributed by atoms with Crippen LogP contribution in [0.1, 0.15) is 12.5 Å². The maximum absolute atomic E-state index is 13.9. The average molecular weight is 251 g/mol. The Balaban J connectivity index is 2.32. The van der Waals surface area contributed by atoms with E-state index >= 15 is 0 Å². The van der Waals surface area contributed by atoms with E-state index in [4.69, 9.17) is 5.26 Å². The normalized spacial score (nSPS) is 20.8. The largest absolute Gasteiger partial charge is 0.364 e. The van der Waals surface area contributed by atoms with Gasteiger partial charge >= 0.3 is 0 Å². The molecule has 0 aliphatic carbocycles. The molecule has 1 heterocycles. The molecule has 96 valence electrons. The van der Waals surface area contributed by atoms with Gasteiger partial charge in [-0.05, 0) is 26.1 Å². The van der Waals surface area contributed by atoms with E-state index in [0.29, 0.717) is 13.1 Å². The highest BCUT2D eigenvalue weighted by molar-refractivity contribution is 5.53. The number of halogens is 2. The summed E-state index contributed by atoms with van der Waals surface area (Å²) in [5.74, 6) is -1.33. The van der Waals surface area contributed by atoms with Gasteiger partial charge in [-0.1, -0.05) is 0 Å². The maximum atomic E-state index is 13.9. The molecule has 1 aliphatic rings. The van der Waals surface area contributed by atoms with Crippen molar-refractivity contribution in [2.24, 2.45) is 0 Å². The number of hydrogen-bond acceptors (Lipinski definition) is 3. The average Bonchev–Trinajstić information content (AvgIpc) is 2.32. The van der Waals surface area contributed by atoms with Crippen LogP contribution in [0, 0.1) is 23.0 Å². The molecule has 3 nitrogen and oxygen atoms in total. The topological polar surface area (TPSA) is 30.3 Å². The van der Waals surface area contributed by atoms with Crippen LogP contribution < -0.4 is 4.90 Å². The van der Waals surface area contributed by atoms with Gasteiger partial charge in [-0.3, -0.25) is 0 Å². The molecule has 0 spiro atoms. The number of nitrogens with zero attached hydrogens (tertiary/aromatic N) is 3. The lowest BCUT2D eigenvalue weighted by Crippen LogP contribution is -2.50. The zero-order valence-corrected chi connectivity index (χ0v) is 10.5. The Labute approximate surface area is 105 Å². The molecule has 0 bridgehead atoms. The fourth-order valence-corrected chi connectivity index (χ4v) is 2.18. The van der Waals surface area contributed by atoms with Crippen LogP contribution in [0.4, 0.5) is 14.5 Å². The highest BCUT2D eigenvalue weighted by atomic mass is 19.1. The number of rotatable bonds is 1. The number of benzene rings is 1. The zero-order chi connectivity index (χ0) is 13.3. The number of likely N-dealkylation sites (N-methyl/N-ethyl adjacent to an activating group) is 1. The van der Waals surface area contributed by atoms with Gasteiger partial charge < -0.3 is 9.80 Å². The Kier molecular flexibility index (Phi) is 3.48. The minimum Gasteiger partial charge on any atom is -0.364 e. The minimum atomic E-state index is -0.664. The monoisotopic (exact) mass is 251 g/mol. The molecule has 2 rings (SSSR count). The predicted molar refractivity (Wildman–Crippen MR) is 65.4 cm³/mol. The first kappa shape index (κ1) is 12.8. The number of hydrogen-bond donors (Lipinski definition) is 0. The first-order chi connectivity index (χ1) is 8.52. The van der Waals surface area contributed by atoms with Crippen LogP contribution in [0.5, 0.6) is 0 Å². The van der Waals surface area contributed by atoms with E-state index in [0.717, 1.165) is 18.7 Å². The molecule has 1 fully saturated rings. The van der Waals surface area contributed by atoms with Gasteiger partial charge in [-0.2, -0.15) is 5.26 Å². The molecule has 1 atom stereocenters. The fourth-order valence-electron chi connectivity index (χ4n) is 2.18. The smallest absolute Gasteiger partial charge is 0.150 e. The van der Waals surface area contributed by atoms with Gasteiger partial charge in [0.25, 0.3) is 0 Å². The van der Waals surface area contributed by atoms with Gasteiger partial charge in [0.1, 0.15) is 5.69 Å². The summed E-state index contributed by atoms with van der Waals surface area (Å²) in [6.07, 6.45) is 0. The molecule has 1 aromatic carbocycles. The van der Waals surface area contributed by atoms with Crippen LogP contribution in [-0.4, -0.2) is 37.6 Å². The zero-order valence-electron chi connectivity index (χ0n) is 10.5. The van der Waals surface area contributed by atoms with Crippen LogP contribution >= 0.6 is 0 Å². The van der Waals surface area contributed by atoms with Crippen molar-refractivity contribution in [3.05, 3.63) is 29.3 Å². The summed E-state index contributed by atoms with van der Waals surface area (Å²) in [6.45, 7) is 3.95. The number of nitriles is 1. The highest BCUT2D eigenvalue weighted by Gasteiger charge is 2.25. The molecule has 1 saturated heterocycles. The molecular weight excluding hydrogens is 236 g/mol. The second-order valence-electron chi connectivity index (χ2n) is 4.68. The molecule has 0 radical (unpaired) electrons. The first-order valence-electron chi connectivity index (χ1n) is 5.87. The van der Waals surface area contributed by atoms with Gasteiger partial charge in [0.05, 0.1) is 11.6 Å². The Bertz CT molecular complexity index is 472. The summed E-state index contributed by atoms with van der Waals surface area (Å²) >= 11 is 0. The van der Waals surface area contributed by atoms with Gasteiger partial charge in [0.2, 0.25) is 0 Å². The molecule has 1 unspecified atom stereocenters. The third-order valence-corrected chi connectivity index (χ3v) is 3.42. The second kappa shape index (κ2) is 4.91. The summed E-state index contributed by atoms with van der Waals surface area (Å²) in [7, 11) is 1.99. The van der Waals surface area contributed by atoms with E-state index in [-0.39, 0.29) is 17.3 Å². The fraction of sp³-hybridized carbons (Fsp3) is 0.462. The molecular formula is C13H15F2N3. The van der Waals surface area contributed by atoms with E-state index < -0.39 is 11.6 Å². The van der Waals surface area contributed by atoms with Crippen molar-refractivity contribution in [3.8, 4) is 6.07 Å². The molecule has 1 aliphatic heterocycles. The van der Waals surface area contributed by atoms with Crippen molar-refractivity contribution in [1.82, 2.24) is 4.90 Å². The summed E-state index contributed by atoms with van der Waals surface area (Å²) in [4.78, 5) is 3.85. The van der Waals surface area contributed by atoms with E-state index in [1.807, 2.05) is 14.0 Å². The third-order valence-electron chi connectivity index (χ3n) is 3.42. The van der Waals surface area contributed by atoms with Gasteiger partial charge in [0.15, 0.2) is 11.6 Å². The Morgan fingerprint density at radius 1 is 1.28 bits per heavy atom. The Hall–Kier alpha value is -1.67. The van der Waals surface area contributed by atoms with Crippen molar-refractivity contribution in [2.75, 3.05) is 31.6 Å². The van der Waals surface area contributed by atoms with Gasteiger partial charge in [-0.15, -0.1) is 0 Å². The third kappa shape index (κ3) is 2.29. The lowest BCUT2D eigenvalue weighted by Gasteiger charge is -2.39. The summed E-state index contributed by atoms with van der Waals surface area (Å²) in [5.41, 5.74) is -0.00937. The van der Waals surface area contributed by atoms with E-state index in [9.17, 15) is 8.78 Å². The standard InChI is InChI=1S/C13H15F2N3/c1-9-8-18(4-3-17(9)2)13-11(14)5-10(7-16)6-12(13)15/h5-6,9H,3-4,8H2,1-2H3. The molecule has 0 saturated carbocycles. The van der Waals surface area contributed by atoms with E-state index in [2.05, 4.69) is 4.90 Å². The molecule has 0 N–H and O–H groups in total. The Morgan fingerprint density at radius 2 is 1.89 bits per heavy atom. The highest BCUT2D eigenvalue weighted by Crippen LogP contribution is 2.26. The SMILES string of the molecule is CC1CN(c2c(F)cc(C#N)cc2F)CCN1C. The van der Waals surface area contributed by atoms with E-state index in [1.165, 1.54) is 0 Å². The van der Waals surface area contributed by atoms with Crippen molar-refractivity contribution in [1.29, 1.82) is 5.26 Å². The Morgan fingerprint density at radius 3 is 2.39 bits per heavy atom. The van der Waals surface area contributed by atoms with Crippen LogP contribution in [0.25, 0.3) is 0 Å². The van der Waals surface area contributed by atoms with Crippen LogP contribution in [-0.2, 0) is 0 Å². The summed E-state index contributed by atoms with van der Waals surface area (Å²) in [6, 6.07) is 4.16. The number of anilines is 1. The van der Waals surface area contributed by atoms with Crippen molar-refractivity contribution in [2.45, 2.75) is 13.0 Å². The summed E-state index contributed by atoms with van der Waals surface area (Å²) in [5, 5.41) is 8.66. The minimum absolute atomic E-state index is 0.0101. The predicted octanol–water partition coefficient (Wildman–Crippen LogP) is 1.98. The molecule has 5 heteroatoms. The summed E-state index contributed by atoms with van der Waals surface area (Å²) < 4.78 is 27.7. The molecule has 18 heavy (non-hydrogen) atoms. The van der Waals surface area contributed by atoms with Gasteiger partial charge in [0, 0.05) is 25.7 Å². The maximum Gasteiger partial charge on any atom is 0.150 e. The molecule has 0 aromatic heterocycles.